The van der Waals surface area contributed by atoms with Gasteiger partial charge in [-0.15, -0.1) is 0 Å². The zero-order valence-electron chi connectivity index (χ0n) is 12.8. The van der Waals surface area contributed by atoms with Gasteiger partial charge in [-0.3, -0.25) is 4.90 Å². The van der Waals surface area contributed by atoms with Crippen molar-refractivity contribution in [2.75, 3.05) is 26.7 Å². The lowest BCUT2D eigenvalue weighted by Crippen LogP contribution is -2.37. The molecule has 0 radical (unpaired) electrons. The molecule has 1 heterocycles. The van der Waals surface area contributed by atoms with Gasteiger partial charge in [0.25, 0.3) is 0 Å². The van der Waals surface area contributed by atoms with Gasteiger partial charge in [0.1, 0.15) is 5.75 Å². The number of ether oxygens (including phenoxy) is 1. The zero-order valence-corrected chi connectivity index (χ0v) is 14.4. The number of hydrogen-bond acceptors (Lipinski definition) is 3. The lowest BCUT2D eigenvalue weighted by atomic mass is 9.96. The summed E-state index contributed by atoms with van der Waals surface area (Å²) in [5, 5.41) is 3.67. The van der Waals surface area contributed by atoms with Crippen LogP contribution in [0.15, 0.2) is 22.7 Å². The molecule has 116 valence electrons. The first kappa shape index (κ1) is 15.3. The van der Waals surface area contributed by atoms with Crippen LogP contribution in [0.5, 0.6) is 5.75 Å². The Morgan fingerprint density at radius 3 is 2.62 bits per heavy atom. The smallest absolute Gasteiger partial charge is 0.133 e. The number of methoxy groups -OCH3 is 1. The van der Waals surface area contributed by atoms with Gasteiger partial charge in [-0.2, -0.15) is 0 Å². The molecule has 2 aliphatic rings. The first-order valence-electron chi connectivity index (χ1n) is 8.03. The normalized spacial score (nSPS) is 20.7. The van der Waals surface area contributed by atoms with Gasteiger partial charge in [0.15, 0.2) is 0 Å². The molecular weight excluding hydrogens is 328 g/mol. The maximum Gasteiger partial charge on any atom is 0.133 e. The van der Waals surface area contributed by atoms with Crippen LogP contribution in [0.1, 0.15) is 31.2 Å². The van der Waals surface area contributed by atoms with E-state index in [0.717, 1.165) is 28.7 Å². The molecule has 3 nitrogen and oxygen atoms in total. The number of rotatable bonds is 6. The highest BCUT2D eigenvalue weighted by molar-refractivity contribution is 9.10. The van der Waals surface area contributed by atoms with E-state index in [1.54, 1.807) is 7.11 Å². The number of hydrogen-bond donors (Lipinski definition) is 1. The van der Waals surface area contributed by atoms with Gasteiger partial charge in [-0.1, -0.05) is 6.07 Å². The zero-order chi connectivity index (χ0) is 14.7. The van der Waals surface area contributed by atoms with Crippen molar-refractivity contribution in [1.29, 1.82) is 0 Å². The molecule has 0 spiro atoms. The van der Waals surface area contributed by atoms with Crippen molar-refractivity contribution >= 4 is 15.9 Å². The van der Waals surface area contributed by atoms with Crippen LogP contribution in [0.2, 0.25) is 0 Å². The van der Waals surface area contributed by atoms with Crippen LogP contribution in [-0.2, 0) is 6.54 Å². The lowest BCUT2D eigenvalue weighted by molar-refractivity contribution is 0.175. The molecule has 0 bridgehead atoms. The van der Waals surface area contributed by atoms with Gasteiger partial charge in [0, 0.05) is 12.6 Å². The molecule has 4 heteroatoms. The molecule has 2 fully saturated rings. The van der Waals surface area contributed by atoms with Crippen LogP contribution < -0.4 is 10.1 Å². The molecule has 3 rings (SSSR count). The van der Waals surface area contributed by atoms with E-state index < -0.39 is 0 Å². The second-order valence-corrected chi connectivity index (χ2v) is 7.23. The third-order valence-corrected chi connectivity index (χ3v) is 5.22. The largest absolute Gasteiger partial charge is 0.496 e. The van der Waals surface area contributed by atoms with E-state index in [4.69, 9.17) is 4.74 Å². The number of benzene rings is 1. The van der Waals surface area contributed by atoms with Crippen molar-refractivity contribution in [2.24, 2.45) is 5.92 Å². The van der Waals surface area contributed by atoms with Gasteiger partial charge in [0.05, 0.1) is 11.6 Å². The minimum absolute atomic E-state index is 0.847. The summed E-state index contributed by atoms with van der Waals surface area (Å²) in [5.74, 6) is 1.79. The van der Waals surface area contributed by atoms with E-state index in [1.807, 2.05) is 6.07 Å². The molecule has 21 heavy (non-hydrogen) atoms. The maximum absolute atomic E-state index is 5.29. The quantitative estimate of drug-likeness (QED) is 0.848. The first-order valence-corrected chi connectivity index (χ1v) is 8.82. The van der Waals surface area contributed by atoms with Crippen LogP contribution in [0.3, 0.4) is 0 Å². The van der Waals surface area contributed by atoms with Gasteiger partial charge in [0.2, 0.25) is 0 Å². The summed E-state index contributed by atoms with van der Waals surface area (Å²) < 4.78 is 6.34. The van der Waals surface area contributed by atoms with Crippen LogP contribution in [-0.4, -0.2) is 37.7 Å². The molecule has 1 N–H and O–H groups in total. The van der Waals surface area contributed by atoms with Crippen molar-refractivity contribution in [3.05, 3.63) is 28.2 Å². The Morgan fingerprint density at radius 1 is 1.24 bits per heavy atom. The Bertz CT molecular complexity index is 468. The number of nitrogens with one attached hydrogen (secondary N) is 1. The Labute approximate surface area is 136 Å². The highest BCUT2D eigenvalue weighted by Crippen LogP contribution is 2.27. The van der Waals surface area contributed by atoms with E-state index in [-0.39, 0.29) is 0 Å². The first-order chi connectivity index (χ1) is 10.2. The predicted octanol–water partition coefficient (Wildman–Crippen LogP) is 3.42. The van der Waals surface area contributed by atoms with E-state index in [9.17, 15) is 0 Å². The highest BCUT2D eigenvalue weighted by Gasteiger charge is 2.24. The Kier molecular flexibility index (Phi) is 5.19. The molecule has 0 atom stereocenters. The number of piperidine rings is 1. The second-order valence-electron chi connectivity index (χ2n) is 6.37. The second kappa shape index (κ2) is 7.12. The molecule has 1 aliphatic heterocycles. The van der Waals surface area contributed by atoms with Gasteiger partial charge in [-0.25, -0.2) is 0 Å². The van der Waals surface area contributed by atoms with Gasteiger partial charge >= 0.3 is 0 Å². The Balaban J connectivity index is 1.44. The molecule has 1 aromatic rings. The minimum Gasteiger partial charge on any atom is -0.496 e. The van der Waals surface area contributed by atoms with E-state index in [2.05, 4.69) is 38.3 Å². The van der Waals surface area contributed by atoms with Gasteiger partial charge < -0.3 is 10.1 Å². The number of halogens is 1. The van der Waals surface area contributed by atoms with Crippen molar-refractivity contribution in [2.45, 2.75) is 38.3 Å². The van der Waals surface area contributed by atoms with E-state index in [0.29, 0.717) is 0 Å². The lowest BCUT2D eigenvalue weighted by Gasteiger charge is -2.32. The molecule has 0 aromatic heterocycles. The molecule has 0 unspecified atom stereocenters. The standard InChI is InChI=1S/C17H25BrN2O/c1-21-17-5-2-14(10-16(17)18)12-20-8-6-13(7-9-20)11-19-15-3-4-15/h2,5,10,13,15,19H,3-4,6-9,11-12H2,1H3. The highest BCUT2D eigenvalue weighted by atomic mass is 79.9. The molecule has 1 saturated heterocycles. The summed E-state index contributed by atoms with van der Waals surface area (Å²) in [4.78, 5) is 2.57. The summed E-state index contributed by atoms with van der Waals surface area (Å²) in [6.45, 7) is 4.72. The van der Waals surface area contributed by atoms with Crippen LogP contribution in [0.4, 0.5) is 0 Å². The van der Waals surface area contributed by atoms with Crippen molar-refractivity contribution < 1.29 is 4.74 Å². The molecule has 1 aliphatic carbocycles. The minimum atomic E-state index is 0.847. The fourth-order valence-corrected chi connectivity index (χ4v) is 3.62. The van der Waals surface area contributed by atoms with Crippen LogP contribution in [0.25, 0.3) is 0 Å². The van der Waals surface area contributed by atoms with Crippen LogP contribution in [0, 0.1) is 5.92 Å². The summed E-state index contributed by atoms with van der Waals surface area (Å²) in [5.41, 5.74) is 1.36. The fourth-order valence-electron chi connectivity index (χ4n) is 3.04. The monoisotopic (exact) mass is 352 g/mol. The van der Waals surface area contributed by atoms with Crippen molar-refractivity contribution in [3.63, 3.8) is 0 Å². The summed E-state index contributed by atoms with van der Waals surface area (Å²) in [6.07, 6.45) is 5.45. The summed E-state index contributed by atoms with van der Waals surface area (Å²) in [7, 11) is 1.71. The molecule has 0 amide bonds. The fraction of sp³-hybridized carbons (Fsp3) is 0.647. The number of nitrogens with zero attached hydrogens (tertiary/aromatic N) is 1. The third-order valence-electron chi connectivity index (χ3n) is 4.60. The van der Waals surface area contributed by atoms with Crippen molar-refractivity contribution in [3.8, 4) is 5.75 Å². The molecule has 1 saturated carbocycles. The molecule has 1 aromatic carbocycles. The van der Waals surface area contributed by atoms with Crippen LogP contribution >= 0.6 is 15.9 Å². The Hall–Kier alpha value is -0.580. The average molecular weight is 353 g/mol. The summed E-state index contributed by atoms with van der Waals surface area (Å²) in [6, 6.07) is 7.25. The SMILES string of the molecule is COc1ccc(CN2CCC(CNC3CC3)CC2)cc1Br. The topological polar surface area (TPSA) is 24.5 Å². The average Bonchev–Trinajstić information content (AvgIpc) is 3.31. The molecular formula is C17H25BrN2O. The predicted molar refractivity (Wildman–Crippen MR) is 89.7 cm³/mol. The van der Waals surface area contributed by atoms with Gasteiger partial charge in [-0.05, 0) is 84.9 Å². The maximum atomic E-state index is 5.29. The Morgan fingerprint density at radius 2 is 2.00 bits per heavy atom. The third kappa shape index (κ3) is 4.44. The van der Waals surface area contributed by atoms with E-state index >= 15 is 0 Å². The summed E-state index contributed by atoms with van der Waals surface area (Å²) >= 11 is 3.57. The van der Waals surface area contributed by atoms with E-state index in [1.165, 1.54) is 50.9 Å². The number of likely N-dealkylation sites (tertiary alicyclic amines) is 1. The van der Waals surface area contributed by atoms with Crippen molar-refractivity contribution in [1.82, 2.24) is 10.2 Å².